The van der Waals surface area contributed by atoms with Crippen LogP contribution in [0.25, 0.3) is 0 Å². The van der Waals surface area contributed by atoms with Gasteiger partial charge in [-0.1, -0.05) is 6.07 Å². The number of nitrogens with one attached hydrogen (secondary N) is 2. The lowest BCUT2D eigenvalue weighted by molar-refractivity contribution is 0.102. The number of hydrogen-bond donors (Lipinski definition) is 2. The van der Waals surface area contributed by atoms with Crippen LogP contribution in [0.5, 0.6) is 5.75 Å². The molecule has 0 saturated heterocycles. The summed E-state index contributed by atoms with van der Waals surface area (Å²) in [5.74, 6) is 0.393. The van der Waals surface area contributed by atoms with Gasteiger partial charge in [0.05, 0.1) is 12.7 Å². The molecular weight excluding hydrogens is 298 g/mol. The first kappa shape index (κ1) is 14.6. The Morgan fingerprint density at radius 3 is 3.14 bits per heavy atom. The predicted octanol–water partition coefficient (Wildman–Crippen LogP) is 2.53. The number of methoxy groups -OCH3 is 1. The van der Waals surface area contributed by atoms with Crippen LogP contribution in [0, 0.1) is 11.3 Å². The lowest BCUT2D eigenvalue weighted by Crippen LogP contribution is -2.22. The van der Waals surface area contributed by atoms with E-state index in [1.807, 2.05) is 0 Å². The van der Waals surface area contributed by atoms with E-state index < -0.39 is 0 Å². The Hall–Kier alpha value is -2.36. The average molecular weight is 313 g/mol. The van der Waals surface area contributed by atoms with Crippen molar-refractivity contribution in [2.45, 2.75) is 13.0 Å². The van der Waals surface area contributed by atoms with E-state index in [9.17, 15) is 10.1 Å². The van der Waals surface area contributed by atoms with E-state index in [1.165, 1.54) is 11.3 Å². The number of nitrogens with zero attached hydrogens (tertiary/aromatic N) is 1. The molecule has 5 nitrogen and oxygen atoms in total. The molecule has 0 atom stereocenters. The zero-order chi connectivity index (χ0) is 15.5. The number of rotatable bonds is 3. The quantitative estimate of drug-likeness (QED) is 0.913. The number of carbonyl (C=O) groups excluding carboxylic acids is 1. The fourth-order valence-corrected chi connectivity index (χ4v) is 3.64. The summed E-state index contributed by atoms with van der Waals surface area (Å²) >= 11 is 1.47. The van der Waals surface area contributed by atoms with Crippen molar-refractivity contribution in [2.75, 3.05) is 19.0 Å². The van der Waals surface area contributed by atoms with Gasteiger partial charge in [0.1, 0.15) is 16.8 Å². The SMILES string of the molecule is COc1cccc(C(=O)Nc2sc3c(c2C#N)CCNC3)c1. The molecule has 22 heavy (non-hydrogen) atoms. The van der Waals surface area contributed by atoms with E-state index in [2.05, 4.69) is 16.7 Å². The van der Waals surface area contributed by atoms with Gasteiger partial charge in [0, 0.05) is 17.0 Å². The Balaban J connectivity index is 1.88. The molecule has 0 aliphatic carbocycles. The van der Waals surface area contributed by atoms with E-state index in [-0.39, 0.29) is 5.91 Å². The molecule has 0 unspecified atom stereocenters. The normalized spacial score (nSPS) is 13.1. The molecule has 0 radical (unpaired) electrons. The molecule has 0 spiro atoms. The highest BCUT2D eigenvalue weighted by atomic mass is 32.1. The van der Waals surface area contributed by atoms with Crippen molar-refractivity contribution in [3.63, 3.8) is 0 Å². The van der Waals surface area contributed by atoms with Crippen LogP contribution in [0.3, 0.4) is 0 Å². The van der Waals surface area contributed by atoms with E-state index >= 15 is 0 Å². The highest BCUT2D eigenvalue weighted by Gasteiger charge is 2.22. The molecule has 0 bridgehead atoms. The number of hydrogen-bond acceptors (Lipinski definition) is 5. The van der Waals surface area contributed by atoms with Gasteiger partial charge in [-0.3, -0.25) is 4.79 Å². The highest BCUT2D eigenvalue weighted by Crippen LogP contribution is 2.35. The first-order valence-corrected chi connectivity index (χ1v) is 7.75. The average Bonchev–Trinajstić information content (AvgIpc) is 2.91. The van der Waals surface area contributed by atoms with Crippen LogP contribution >= 0.6 is 11.3 Å². The van der Waals surface area contributed by atoms with Gasteiger partial charge in [-0.15, -0.1) is 11.3 Å². The molecule has 1 aromatic carbocycles. The summed E-state index contributed by atoms with van der Waals surface area (Å²) in [6, 6.07) is 9.18. The number of benzene rings is 1. The first-order valence-electron chi connectivity index (χ1n) is 6.93. The predicted molar refractivity (Wildman–Crippen MR) is 85.4 cm³/mol. The molecule has 1 aliphatic rings. The van der Waals surface area contributed by atoms with Crippen LogP contribution in [-0.2, 0) is 13.0 Å². The van der Waals surface area contributed by atoms with E-state index in [0.717, 1.165) is 30.0 Å². The van der Waals surface area contributed by atoms with E-state index in [4.69, 9.17) is 4.74 Å². The maximum atomic E-state index is 12.4. The molecule has 1 aromatic heterocycles. The van der Waals surface area contributed by atoms with Gasteiger partial charge in [0.25, 0.3) is 5.91 Å². The number of fused-ring (bicyclic) bond motifs is 1. The summed E-state index contributed by atoms with van der Waals surface area (Å²) in [7, 11) is 1.56. The lowest BCUT2D eigenvalue weighted by Gasteiger charge is -2.11. The minimum Gasteiger partial charge on any atom is -0.497 e. The van der Waals surface area contributed by atoms with Gasteiger partial charge in [-0.2, -0.15) is 5.26 Å². The van der Waals surface area contributed by atoms with E-state index in [0.29, 0.717) is 21.9 Å². The third-order valence-corrected chi connectivity index (χ3v) is 4.75. The number of amides is 1. The summed E-state index contributed by atoms with van der Waals surface area (Å²) in [5, 5.41) is 16.2. The molecular formula is C16H15N3O2S. The second-order valence-corrected chi connectivity index (χ2v) is 6.04. The summed E-state index contributed by atoms with van der Waals surface area (Å²) in [6.45, 7) is 1.62. The molecule has 6 heteroatoms. The van der Waals surface area contributed by atoms with Crippen molar-refractivity contribution < 1.29 is 9.53 Å². The third-order valence-electron chi connectivity index (χ3n) is 3.60. The van der Waals surface area contributed by atoms with Gasteiger partial charge in [0.2, 0.25) is 0 Å². The standard InChI is InChI=1S/C16H15N3O2S/c1-21-11-4-2-3-10(7-11)15(20)19-16-13(8-17)12-5-6-18-9-14(12)22-16/h2-4,7,18H,5-6,9H2,1H3,(H,19,20). The van der Waals surface area contributed by atoms with Gasteiger partial charge in [-0.05, 0) is 36.7 Å². The number of nitriles is 1. The minimum atomic E-state index is -0.234. The number of anilines is 1. The molecule has 1 aliphatic heterocycles. The fourth-order valence-electron chi connectivity index (χ4n) is 2.48. The second-order valence-electron chi connectivity index (χ2n) is 4.93. The van der Waals surface area contributed by atoms with Crippen molar-refractivity contribution in [1.29, 1.82) is 5.26 Å². The van der Waals surface area contributed by atoms with Crippen molar-refractivity contribution in [3.05, 3.63) is 45.8 Å². The van der Waals surface area contributed by atoms with Gasteiger partial charge in [-0.25, -0.2) is 0 Å². The molecule has 0 fully saturated rings. The molecule has 2 heterocycles. The van der Waals surface area contributed by atoms with Gasteiger partial charge in [0.15, 0.2) is 0 Å². The van der Waals surface area contributed by atoms with Crippen LogP contribution in [0.2, 0.25) is 0 Å². The zero-order valence-electron chi connectivity index (χ0n) is 12.1. The molecule has 3 rings (SSSR count). The Morgan fingerprint density at radius 2 is 2.36 bits per heavy atom. The maximum absolute atomic E-state index is 12.4. The third kappa shape index (κ3) is 2.69. The molecule has 112 valence electrons. The smallest absolute Gasteiger partial charge is 0.256 e. The van der Waals surface area contributed by atoms with Crippen LogP contribution in [0.1, 0.15) is 26.4 Å². The first-order chi connectivity index (χ1) is 10.7. The van der Waals surface area contributed by atoms with Crippen LogP contribution < -0.4 is 15.4 Å². The highest BCUT2D eigenvalue weighted by molar-refractivity contribution is 7.16. The summed E-state index contributed by atoms with van der Waals surface area (Å²) < 4.78 is 5.13. The van der Waals surface area contributed by atoms with E-state index in [1.54, 1.807) is 31.4 Å². The van der Waals surface area contributed by atoms with Crippen LogP contribution in [-0.4, -0.2) is 19.6 Å². The van der Waals surface area contributed by atoms with Gasteiger partial charge >= 0.3 is 0 Å². The van der Waals surface area contributed by atoms with Crippen molar-refractivity contribution >= 4 is 22.2 Å². The number of thiophene rings is 1. The maximum Gasteiger partial charge on any atom is 0.256 e. The lowest BCUT2D eigenvalue weighted by atomic mass is 10.0. The van der Waals surface area contributed by atoms with Crippen molar-refractivity contribution in [1.82, 2.24) is 5.32 Å². The van der Waals surface area contributed by atoms with Gasteiger partial charge < -0.3 is 15.4 Å². The van der Waals surface area contributed by atoms with Crippen LogP contribution in [0.4, 0.5) is 5.00 Å². The summed E-state index contributed by atoms with van der Waals surface area (Å²) in [6.07, 6.45) is 0.823. The largest absolute Gasteiger partial charge is 0.497 e. The Bertz CT molecular complexity index is 761. The Labute approximate surface area is 132 Å². The van der Waals surface area contributed by atoms with Crippen LogP contribution in [0.15, 0.2) is 24.3 Å². The zero-order valence-corrected chi connectivity index (χ0v) is 12.9. The molecule has 0 saturated carbocycles. The Morgan fingerprint density at radius 1 is 1.50 bits per heavy atom. The molecule has 2 aromatic rings. The Kier molecular flexibility index (Phi) is 4.09. The summed E-state index contributed by atoms with van der Waals surface area (Å²) in [4.78, 5) is 13.5. The summed E-state index contributed by atoms with van der Waals surface area (Å²) in [5.41, 5.74) is 2.16. The molecule has 2 N–H and O–H groups in total. The monoisotopic (exact) mass is 313 g/mol. The minimum absolute atomic E-state index is 0.234. The van der Waals surface area contributed by atoms with Crippen molar-refractivity contribution in [2.24, 2.45) is 0 Å². The fraction of sp³-hybridized carbons (Fsp3) is 0.250. The number of ether oxygens (including phenoxy) is 1. The second kappa shape index (κ2) is 6.18. The molecule has 1 amide bonds. The number of carbonyl (C=O) groups is 1. The topological polar surface area (TPSA) is 74.1 Å². The van der Waals surface area contributed by atoms with Crippen molar-refractivity contribution in [3.8, 4) is 11.8 Å².